The van der Waals surface area contributed by atoms with Gasteiger partial charge in [-0.3, -0.25) is 0 Å². The second-order valence-electron chi connectivity index (χ2n) is 5.40. The average Bonchev–Trinajstić information content (AvgIpc) is 2.25. The molecule has 0 aliphatic carbocycles. The van der Waals surface area contributed by atoms with Crippen molar-refractivity contribution in [1.82, 2.24) is 4.72 Å². The minimum absolute atomic E-state index is 0.0328. The summed E-state index contributed by atoms with van der Waals surface area (Å²) >= 11 is 0. The molecule has 1 aromatic carbocycles. The highest BCUT2D eigenvalue weighted by Gasteiger charge is 2.23. The monoisotopic (exact) mass is 283 g/mol. The van der Waals surface area contributed by atoms with Crippen molar-refractivity contribution in [1.29, 1.82) is 0 Å². The Bertz CT molecular complexity index is 536. The van der Waals surface area contributed by atoms with Gasteiger partial charge < -0.3 is 0 Å². The normalized spacial score (nSPS) is 13.6. The molecule has 108 valence electrons. The Labute approximate surface area is 117 Å². The first kappa shape index (κ1) is 16.2. The molecule has 0 saturated carbocycles. The molecule has 0 saturated heterocycles. The molecule has 19 heavy (non-hydrogen) atoms. The highest BCUT2D eigenvalue weighted by molar-refractivity contribution is 7.89. The topological polar surface area (TPSA) is 46.2 Å². The fourth-order valence-corrected chi connectivity index (χ4v) is 4.29. The van der Waals surface area contributed by atoms with Crippen LogP contribution in [0.25, 0.3) is 0 Å². The van der Waals surface area contributed by atoms with Crippen molar-refractivity contribution < 1.29 is 8.42 Å². The van der Waals surface area contributed by atoms with Crippen LogP contribution in [0.2, 0.25) is 0 Å². The molecule has 0 bridgehead atoms. The molecule has 0 aliphatic rings. The Morgan fingerprint density at radius 3 is 2.00 bits per heavy atom. The van der Waals surface area contributed by atoms with Gasteiger partial charge in [-0.15, -0.1) is 0 Å². The van der Waals surface area contributed by atoms with Gasteiger partial charge in [-0.05, 0) is 63.3 Å². The first-order valence-corrected chi connectivity index (χ1v) is 8.28. The van der Waals surface area contributed by atoms with Crippen molar-refractivity contribution in [2.45, 2.75) is 65.3 Å². The Hall–Kier alpha value is -0.870. The standard InChI is InChI=1S/C15H25NO2S/c1-7-8-12(4)16-19(17,18)15-13(5)10(2)9-11(3)14(15)6/h9,12,16H,7-8H2,1-6H3. The summed E-state index contributed by atoms with van der Waals surface area (Å²) < 4.78 is 27.9. The number of hydrogen-bond donors (Lipinski definition) is 1. The van der Waals surface area contributed by atoms with E-state index in [2.05, 4.69) is 11.6 Å². The number of sulfonamides is 1. The fraction of sp³-hybridized carbons (Fsp3) is 0.600. The van der Waals surface area contributed by atoms with E-state index in [1.54, 1.807) is 0 Å². The molecular formula is C15H25NO2S. The molecule has 0 aromatic heterocycles. The lowest BCUT2D eigenvalue weighted by atomic mass is 10.0. The van der Waals surface area contributed by atoms with E-state index in [-0.39, 0.29) is 6.04 Å². The van der Waals surface area contributed by atoms with Gasteiger partial charge in [0, 0.05) is 6.04 Å². The van der Waals surface area contributed by atoms with Crippen molar-refractivity contribution in [3.05, 3.63) is 28.3 Å². The van der Waals surface area contributed by atoms with E-state index in [4.69, 9.17) is 0 Å². The van der Waals surface area contributed by atoms with Crippen LogP contribution in [0.3, 0.4) is 0 Å². The van der Waals surface area contributed by atoms with Gasteiger partial charge in [-0.2, -0.15) is 0 Å². The van der Waals surface area contributed by atoms with Crippen molar-refractivity contribution in [3.63, 3.8) is 0 Å². The Balaban J connectivity index is 3.29. The van der Waals surface area contributed by atoms with E-state index in [0.717, 1.165) is 35.1 Å². The summed E-state index contributed by atoms with van der Waals surface area (Å²) in [4.78, 5) is 0.452. The number of benzene rings is 1. The molecule has 0 aliphatic heterocycles. The molecule has 1 unspecified atom stereocenters. The minimum Gasteiger partial charge on any atom is -0.208 e. The predicted octanol–water partition coefficient (Wildman–Crippen LogP) is 3.39. The first-order valence-electron chi connectivity index (χ1n) is 6.80. The summed E-state index contributed by atoms with van der Waals surface area (Å²) in [5.41, 5.74) is 3.73. The molecule has 0 fully saturated rings. The van der Waals surface area contributed by atoms with Gasteiger partial charge in [0.05, 0.1) is 4.90 Å². The van der Waals surface area contributed by atoms with Gasteiger partial charge in [-0.1, -0.05) is 19.4 Å². The zero-order valence-electron chi connectivity index (χ0n) is 12.8. The zero-order valence-corrected chi connectivity index (χ0v) is 13.6. The van der Waals surface area contributed by atoms with Crippen molar-refractivity contribution in [2.24, 2.45) is 0 Å². The quantitative estimate of drug-likeness (QED) is 0.900. The molecule has 1 atom stereocenters. The van der Waals surface area contributed by atoms with E-state index in [1.165, 1.54) is 0 Å². The van der Waals surface area contributed by atoms with Crippen LogP contribution in [0.1, 0.15) is 48.9 Å². The van der Waals surface area contributed by atoms with E-state index in [9.17, 15) is 8.42 Å². The van der Waals surface area contributed by atoms with Gasteiger partial charge >= 0.3 is 0 Å². The van der Waals surface area contributed by atoms with Crippen LogP contribution >= 0.6 is 0 Å². The average molecular weight is 283 g/mol. The smallest absolute Gasteiger partial charge is 0.208 e. The number of rotatable bonds is 5. The third-order valence-corrected chi connectivity index (χ3v) is 5.51. The van der Waals surface area contributed by atoms with Crippen molar-refractivity contribution in [2.75, 3.05) is 0 Å². The van der Waals surface area contributed by atoms with Crippen molar-refractivity contribution >= 4 is 10.0 Å². The maximum Gasteiger partial charge on any atom is 0.241 e. The lowest BCUT2D eigenvalue weighted by Crippen LogP contribution is -2.33. The van der Waals surface area contributed by atoms with Gasteiger partial charge in [0.2, 0.25) is 10.0 Å². The van der Waals surface area contributed by atoms with E-state index >= 15 is 0 Å². The highest BCUT2D eigenvalue weighted by Crippen LogP contribution is 2.26. The summed E-state index contributed by atoms with van der Waals surface area (Å²) in [5.74, 6) is 0. The molecule has 1 rings (SSSR count). The van der Waals surface area contributed by atoms with Crippen LogP contribution < -0.4 is 4.72 Å². The van der Waals surface area contributed by atoms with Crippen molar-refractivity contribution in [3.8, 4) is 0 Å². The SMILES string of the molecule is CCCC(C)NS(=O)(=O)c1c(C)c(C)cc(C)c1C. The van der Waals surface area contributed by atoms with Crippen LogP contribution in [-0.4, -0.2) is 14.5 Å². The van der Waals surface area contributed by atoms with Crippen LogP contribution in [0.5, 0.6) is 0 Å². The molecule has 0 spiro atoms. The number of nitrogens with one attached hydrogen (secondary N) is 1. The molecule has 0 radical (unpaired) electrons. The summed E-state index contributed by atoms with van der Waals surface area (Å²) in [7, 11) is -3.44. The molecular weight excluding hydrogens is 258 g/mol. The summed E-state index contributed by atoms with van der Waals surface area (Å²) in [6, 6.07) is 2.01. The minimum atomic E-state index is -3.44. The molecule has 1 aromatic rings. The van der Waals surface area contributed by atoms with Crippen LogP contribution in [0.15, 0.2) is 11.0 Å². The zero-order chi connectivity index (χ0) is 14.8. The van der Waals surface area contributed by atoms with Crippen LogP contribution in [0.4, 0.5) is 0 Å². The molecule has 0 amide bonds. The van der Waals surface area contributed by atoms with Gasteiger partial charge in [-0.25, -0.2) is 13.1 Å². The summed E-state index contributed by atoms with van der Waals surface area (Å²) in [6.07, 6.45) is 1.82. The van der Waals surface area contributed by atoms with E-state index in [1.807, 2.05) is 40.7 Å². The molecule has 4 heteroatoms. The van der Waals surface area contributed by atoms with E-state index < -0.39 is 10.0 Å². The molecule has 3 nitrogen and oxygen atoms in total. The largest absolute Gasteiger partial charge is 0.241 e. The Morgan fingerprint density at radius 2 is 1.58 bits per heavy atom. The summed E-state index contributed by atoms with van der Waals surface area (Å²) in [5, 5.41) is 0. The number of hydrogen-bond acceptors (Lipinski definition) is 2. The third-order valence-electron chi connectivity index (χ3n) is 3.64. The highest BCUT2D eigenvalue weighted by atomic mass is 32.2. The Kier molecular flexibility index (Phi) is 5.16. The van der Waals surface area contributed by atoms with E-state index in [0.29, 0.717) is 4.90 Å². The maximum atomic E-state index is 12.6. The van der Waals surface area contributed by atoms with Crippen LogP contribution in [-0.2, 0) is 10.0 Å². The lowest BCUT2D eigenvalue weighted by molar-refractivity contribution is 0.542. The third kappa shape index (κ3) is 3.57. The van der Waals surface area contributed by atoms with Crippen LogP contribution in [0, 0.1) is 27.7 Å². The molecule has 1 N–H and O–H groups in total. The second kappa shape index (κ2) is 6.06. The fourth-order valence-electron chi connectivity index (χ4n) is 2.40. The summed E-state index contributed by atoms with van der Waals surface area (Å²) in [6.45, 7) is 11.6. The predicted molar refractivity (Wildman–Crippen MR) is 80.1 cm³/mol. The Morgan fingerprint density at radius 1 is 1.11 bits per heavy atom. The van der Waals surface area contributed by atoms with Gasteiger partial charge in [0.1, 0.15) is 0 Å². The maximum absolute atomic E-state index is 12.6. The number of aryl methyl sites for hydroxylation is 2. The molecule has 0 heterocycles. The second-order valence-corrected chi connectivity index (χ2v) is 7.05. The lowest BCUT2D eigenvalue weighted by Gasteiger charge is -2.19. The van der Waals surface area contributed by atoms with Gasteiger partial charge in [0.25, 0.3) is 0 Å². The van der Waals surface area contributed by atoms with Gasteiger partial charge in [0.15, 0.2) is 0 Å². The first-order chi connectivity index (χ1) is 8.70.